The molecule has 0 bridgehead atoms. The highest BCUT2D eigenvalue weighted by Gasteiger charge is 2.22. The number of nitrogens with zero attached hydrogens (tertiary/aromatic N) is 4. The molecule has 3 aromatic rings. The normalized spacial score (nSPS) is 13.6. The molecule has 0 atom stereocenters. The maximum Gasteiger partial charge on any atom is 0.249 e. The van der Waals surface area contributed by atoms with Crippen molar-refractivity contribution in [1.82, 2.24) is 5.01 Å². The lowest BCUT2D eigenvalue weighted by Crippen LogP contribution is -2.35. The van der Waals surface area contributed by atoms with Crippen LogP contribution in [0.2, 0.25) is 0 Å². The van der Waals surface area contributed by atoms with Crippen molar-refractivity contribution in [3.05, 3.63) is 91.0 Å². The number of rotatable bonds is 9. The molecule has 0 N–H and O–H groups in total. The highest BCUT2D eigenvalue weighted by Crippen LogP contribution is 2.31. The van der Waals surface area contributed by atoms with Gasteiger partial charge in [0.25, 0.3) is 0 Å². The van der Waals surface area contributed by atoms with Gasteiger partial charge in [0, 0.05) is 7.05 Å². The molecule has 1 radical (unpaired) electrons. The predicted octanol–water partition coefficient (Wildman–Crippen LogP) is 4.65. The summed E-state index contributed by atoms with van der Waals surface area (Å²) in [4.78, 5) is 30.7. The molecule has 36 heavy (non-hydrogen) atoms. The number of amides is 2. The molecule has 0 unspecified atom stereocenters. The summed E-state index contributed by atoms with van der Waals surface area (Å²) < 4.78 is 11.6. The van der Waals surface area contributed by atoms with Crippen molar-refractivity contribution >= 4 is 29.4 Å². The van der Waals surface area contributed by atoms with Crippen LogP contribution in [-0.2, 0) is 9.59 Å². The quantitative estimate of drug-likeness (QED) is 0.442. The minimum absolute atomic E-state index is 0.0175. The third kappa shape index (κ3) is 6.79. The molecule has 0 aromatic heterocycles. The summed E-state index contributed by atoms with van der Waals surface area (Å²) in [5, 5.41) is 5.63. The number of carbonyl (C=O) groups is 2. The Bertz CT molecular complexity index is 1270. The molecule has 8 heteroatoms. The van der Waals surface area contributed by atoms with Gasteiger partial charge in [0.1, 0.15) is 24.6 Å². The van der Waals surface area contributed by atoms with E-state index in [0.717, 1.165) is 5.56 Å². The second-order valence-electron chi connectivity index (χ2n) is 8.15. The van der Waals surface area contributed by atoms with Gasteiger partial charge in [-0.25, -0.2) is 4.99 Å². The average Bonchev–Trinajstić information content (AvgIpc) is 3.31. The van der Waals surface area contributed by atoms with E-state index < -0.39 is 0 Å². The fourth-order valence-corrected chi connectivity index (χ4v) is 3.47. The molecule has 4 rings (SSSR count). The molecule has 0 fully saturated rings. The topological polar surface area (TPSA) is 83.8 Å². The van der Waals surface area contributed by atoms with Crippen LogP contribution >= 0.6 is 0 Å². The molecule has 3 aromatic carbocycles. The van der Waals surface area contributed by atoms with Crippen molar-refractivity contribution in [2.45, 2.75) is 13.3 Å². The van der Waals surface area contributed by atoms with E-state index in [9.17, 15) is 9.59 Å². The van der Waals surface area contributed by atoms with Crippen LogP contribution in [0.25, 0.3) is 0 Å². The number of benzene rings is 3. The van der Waals surface area contributed by atoms with Crippen LogP contribution in [-0.4, -0.2) is 48.9 Å². The Labute approximate surface area is 210 Å². The third-order valence-corrected chi connectivity index (χ3v) is 5.32. The summed E-state index contributed by atoms with van der Waals surface area (Å²) in [5.74, 6) is 1.44. The maximum atomic E-state index is 12.9. The summed E-state index contributed by atoms with van der Waals surface area (Å²) in [6.07, 6.45) is 1.60. The van der Waals surface area contributed by atoms with Crippen LogP contribution in [0, 0.1) is 13.5 Å². The highest BCUT2D eigenvalue weighted by molar-refractivity contribution is 6.37. The second-order valence-corrected chi connectivity index (χ2v) is 8.15. The summed E-state index contributed by atoms with van der Waals surface area (Å²) >= 11 is 0. The smallest absolute Gasteiger partial charge is 0.249 e. The van der Waals surface area contributed by atoms with Crippen LogP contribution in [0.3, 0.4) is 0 Å². The lowest BCUT2D eigenvalue weighted by molar-refractivity contribution is -0.119. The molecule has 0 saturated heterocycles. The zero-order chi connectivity index (χ0) is 25.3. The van der Waals surface area contributed by atoms with Gasteiger partial charge in [-0.2, -0.15) is 5.10 Å². The van der Waals surface area contributed by atoms with Crippen LogP contribution in [0.4, 0.5) is 5.69 Å². The Balaban J connectivity index is 1.28. The van der Waals surface area contributed by atoms with E-state index in [0.29, 0.717) is 28.6 Å². The van der Waals surface area contributed by atoms with Gasteiger partial charge in [0.2, 0.25) is 11.8 Å². The maximum absolute atomic E-state index is 12.9. The number of likely N-dealkylation sites (N-methyl/N-ethyl adjacent to an activating group) is 1. The molecular weight excluding hydrogens is 456 g/mol. The Morgan fingerprint density at radius 2 is 1.72 bits per heavy atom. The van der Waals surface area contributed by atoms with Gasteiger partial charge >= 0.3 is 0 Å². The van der Waals surface area contributed by atoms with E-state index in [2.05, 4.69) is 10.1 Å². The highest BCUT2D eigenvalue weighted by atomic mass is 16.5. The van der Waals surface area contributed by atoms with Crippen molar-refractivity contribution in [3.8, 4) is 17.2 Å². The first-order valence-corrected chi connectivity index (χ1v) is 11.5. The Morgan fingerprint density at radius 1 is 0.972 bits per heavy atom. The van der Waals surface area contributed by atoms with E-state index in [4.69, 9.17) is 9.47 Å². The Morgan fingerprint density at radius 3 is 2.53 bits per heavy atom. The minimum Gasteiger partial charge on any atom is -0.493 e. The molecule has 0 spiro atoms. The van der Waals surface area contributed by atoms with Crippen molar-refractivity contribution < 1.29 is 19.1 Å². The Hall–Kier alpha value is -4.46. The summed E-state index contributed by atoms with van der Waals surface area (Å²) in [7, 11) is 1.68. The monoisotopic (exact) mass is 483 g/mol. The van der Waals surface area contributed by atoms with Crippen LogP contribution in [0.5, 0.6) is 17.2 Å². The van der Waals surface area contributed by atoms with E-state index >= 15 is 0 Å². The lowest BCUT2D eigenvalue weighted by atomic mass is 10.2. The van der Waals surface area contributed by atoms with Crippen LogP contribution < -0.4 is 14.4 Å². The standard InChI is InChI=1S/C28H27N4O4/c1-21-9-8-12-24(17-21)35-16-15-27(33)30-22-18-29-32(19-22)20-28(34)31(2)25-13-6-7-14-26(25)36-23-10-4-3-5-11-23/h3-14,17-19H,15-16,20H2,1-2H3. The number of para-hydroxylation sites is 3. The average molecular weight is 484 g/mol. The van der Waals surface area contributed by atoms with E-state index in [-0.39, 0.29) is 31.4 Å². The van der Waals surface area contributed by atoms with E-state index in [1.54, 1.807) is 13.6 Å². The summed E-state index contributed by atoms with van der Waals surface area (Å²) in [6, 6.07) is 24.3. The van der Waals surface area contributed by atoms with Crippen molar-refractivity contribution in [3.63, 3.8) is 0 Å². The van der Waals surface area contributed by atoms with Gasteiger partial charge < -0.3 is 14.4 Å². The molecule has 0 saturated carbocycles. The number of hydrogen-bond acceptors (Lipinski definition) is 6. The number of anilines is 1. The summed E-state index contributed by atoms with van der Waals surface area (Å²) in [6.45, 7) is 3.76. The van der Waals surface area contributed by atoms with E-state index in [1.807, 2.05) is 85.8 Å². The molecule has 183 valence electrons. The predicted molar refractivity (Wildman–Crippen MR) is 140 cm³/mol. The number of hydrazone groups is 1. The first-order chi connectivity index (χ1) is 17.5. The molecule has 1 aliphatic rings. The lowest BCUT2D eigenvalue weighted by Gasteiger charge is -2.22. The van der Waals surface area contributed by atoms with Crippen molar-refractivity contribution in [1.29, 1.82) is 0 Å². The summed E-state index contributed by atoms with van der Waals surface area (Å²) in [5.41, 5.74) is 2.11. The first kappa shape index (κ1) is 24.7. The zero-order valence-corrected chi connectivity index (χ0v) is 20.2. The molecule has 1 aliphatic heterocycles. The minimum atomic E-state index is -0.322. The molecule has 2 amide bonds. The number of hydrogen-bond donors (Lipinski definition) is 0. The third-order valence-electron chi connectivity index (χ3n) is 5.32. The molecule has 0 aliphatic carbocycles. The number of ether oxygens (including phenoxy) is 2. The van der Waals surface area contributed by atoms with Gasteiger partial charge in [0.15, 0.2) is 5.75 Å². The van der Waals surface area contributed by atoms with Gasteiger partial charge in [-0.15, -0.1) is 0 Å². The van der Waals surface area contributed by atoms with Crippen LogP contribution in [0.15, 0.2) is 89.0 Å². The molecule has 1 heterocycles. The van der Waals surface area contributed by atoms with Crippen molar-refractivity contribution in [2.24, 2.45) is 10.1 Å². The molecular formula is C28H27N4O4. The van der Waals surface area contributed by atoms with Gasteiger partial charge in [-0.1, -0.05) is 42.5 Å². The fraction of sp³-hybridized carbons (Fsp3) is 0.179. The second kappa shape index (κ2) is 11.8. The number of aryl methyl sites for hydroxylation is 1. The largest absolute Gasteiger partial charge is 0.493 e. The number of carbonyl (C=O) groups excluding carboxylic acids is 2. The molecule has 8 nitrogen and oxygen atoms in total. The zero-order valence-electron chi connectivity index (χ0n) is 20.2. The SMILES string of the molecule is Cc1cccc(OCCC(=O)N=C2[CH]N(CC(=O)N(C)c3ccccc3Oc3ccccc3)N=C2)c1. The van der Waals surface area contributed by atoms with Gasteiger partial charge in [-0.3, -0.25) is 14.6 Å². The van der Waals surface area contributed by atoms with Crippen molar-refractivity contribution in [2.75, 3.05) is 25.1 Å². The van der Waals surface area contributed by atoms with Crippen LogP contribution in [0.1, 0.15) is 12.0 Å². The number of aliphatic imine (C=N–C) groups is 1. The van der Waals surface area contributed by atoms with Gasteiger partial charge in [-0.05, 0) is 48.9 Å². The van der Waals surface area contributed by atoms with Gasteiger partial charge in [0.05, 0.1) is 30.6 Å². The Kier molecular flexibility index (Phi) is 8.08. The van der Waals surface area contributed by atoms with E-state index in [1.165, 1.54) is 16.1 Å². The fourth-order valence-electron chi connectivity index (χ4n) is 3.47. The first-order valence-electron chi connectivity index (χ1n) is 11.5.